The van der Waals surface area contributed by atoms with Gasteiger partial charge in [0.1, 0.15) is 0 Å². The molecular weight excluding hydrogens is 220 g/mol. The summed E-state index contributed by atoms with van der Waals surface area (Å²) in [6, 6.07) is 6.89. The Morgan fingerprint density at radius 3 is 2.88 bits per heavy atom. The number of rotatable bonds is 1. The summed E-state index contributed by atoms with van der Waals surface area (Å²) in [7, 11) is 0. The van der Waals surface area contributed by atoms with E-state index in [1.54, 1.807) is 24.3 Å². The Hall–Kier alpha value is -1.88. The summed E-state index contributed by atoms with van der Waals surface area (Å²) in [5.41, 5.74) is -0.0123. The Morgan fingerprint density at radius 2 is 2.12 bits per heavy atom. The molecule has 2 aromatic rings. The second-order valence-corrected chi connectivity index (χ2v) is 4.17. The molecule has 2 heterocycles. The molecule has 5 nitrogen and oxygen atoms in total. The molecule has 0 radical (unpaired) electrons. The van der Waals surface area contributed by atoms with E-state index in [0.717, 1.165) is 0 Å². The number of aromatic nitrogens is 2. The number of nitrogens with zero attached hydrogens (tertiary/aromatic N) is 1. The molecule has 17 heavy (non-hydrogen) atoms. The number of benzene rings is 1. The first-order valence-corrected chi connectivity index (χ1v) is 5.58. The van der Waals surface area contributed by atoms with E-state index in [2.05, 4.69) is 4.98 Å². The van der Waals surface area contributed by atoms with Gasteiger partial charge in [-0.1, -0.05) is 12.1 Å². The largest absolute Gasteiger partial charge is 0.379 e. The van der Waals surface area contributed by atoms with Crippen LogP contribution in [0.3, 0.4) is 0 Å². The topological polar surface area (TPSA) is 64.1 Å². The number of aromatic amines is 1. The smallest absolute Gasteiger partial charge is 0.329 e. The fourth-order valence-corrected chi connectivity index (χ4v) is 2.23. The second-order valence-electron chi connectivity index (χ2n) is 4.17. The average molecular weight is 232 g/mol. The minimum absolute atomic E-state index is 0.143. The lowest BCUT2D eigenvalue weighted by Crippen LogP contribution is -2.38. The van der Waals surface area contributed by atoms with Gasteiger partial charge < -0.3 is 9.72 Å². The predicted octanol–water partition coefficient (Wildman–Crippen LogP) is 0.651. The molecule has 1 aliphatic heterocycles. The third-order valence-corrected chi connectivity index (χ3v) is 3.11. The van der Waals surface area contributed by atoms with Crippen molar-refractivity contribution in [1.82, 2.24) is 9.55 Å². The maximum absolute atomic E-state index is 12.2. The highest BCUT2D eigenvalue weighted by atomic mass is 16.5. The maximum Gasteiger partial charge on any atom is 0.329 e. The zero-order valence-corrected chi connectivity index (χ0v) is 9.18. The van der Waals surface area contributed by atoms with Gasteiger partial charge in [0.05, 0.1) is 23.6 Å². The van der Waals surface area contributed by atoms with Crippen LogP contribution in [0.5, 0.6) is 0 Å². The third-order valence-electron chi connectivity index (χ3n) is 3.11. The molecule has 0 amide bonds. The number of H-pyrrole nitrogens is 1. The van der Waals surface area contributed by atoms with Crippen molar-refractivity contribution in [3.63, 3.8) is 0 Å². The van der Waals surface area contributed by atoms with Crippen LogP contribution in [0.4, 0.5) is 0 Å². The highest BCUT2D eigenvalue weighted by Gasteiger charge is 2.21. The van der Waals surface area contributed by atoms with Crippen molar-refractivity contribution in [3.05, 3.63) is 45.1 Å². The molecule has 1 aliphatic rings. The molecule has 1 N–H and O–H groups in total. The van der Waals surface area contributed by atoms with Crippen LogP contribution in [0.25, 0.3) is 10.9 Å². The average Bonchev–Trinajstić information content (AvgIpc) is 2.83. The Kier molecular flexibility index (Phi) is 2.33. The van der Waals surface area contributed by atoms with Crippen molar-refractivity contribution in [2.75, 3.05) is 13.2 Å². The standard InChI is InChI=1S/C12H12N2O3/c15-11-9-3-1-2-4-10(9)13-12(16)14(11)8-5-6-17-7-8/h1-4,8H,5-7H2,(H,13,16). The van der Waals surface area contributed by atoms with Crippen LogP contribution in [-0.2, 0) is 4.74 Å². The van der Waals surface area contributed by atoms with E-state index in [1.807, 2.05) is 0 Å². The number of nitrogens with one attached hydrogen (secondary N) is 1. The Balaban J connectivity index is 2.31. The van der Waals surface area contributed by atoms with Crippen molar-refractivity contribution >= 4 is 10.9 Å². The summed E-state index contributed by atoms with van der Waals surface area (Å²) < 4.78 is 6.49. The number of fused-ring (bicyclic) bond motifs is 1. The van der Waals surface area contributed by atoms with Crippen LogP contribution in [0.1, 0.15) is 12.5 Å². The summed E-state index contributed by atoms with van der Waals surface area (Å²) >= 11 is 0. The molecule has 0 spiro atoms. The van der Waals surface area contributed by atoms with Gasteiger partial charge in [-0.3, -0.25) is 9.36 Å². The monoisotopic (exact) mass is 232 g/mol. The minimum Gasteiger partial charge on any atom is -0.379 e. The molecule has 1 saturated heterocycles. The predicted molar refractivity (Wildman–Crippen MR) is 63.3 cm³/mol. The molecule has 1 unspecified atom stereocenters. The molecule has 5 heteroatoms. The molecule has 0 aliphatic carbocycles. The Morgan fingerprint density at radius 1 is 1.29 bits per heavy atom. The van der Waals surface area contributed by atoms with Gasteiger partial charge in [0.2, 0.25) is 0 Å². The molecule has 1 atom stereocenters. The molecule has 88 valence electrons. The fourth-order valence-electron chi connectivity index (χ4n) is 2.23. The maximum atomic E-state index is 12.2. The van der Waals surface area contributed by atoms with E-state index in [4.69, 9.17) is 4.74 Å². The van der Waals surface area contributed by atoms with E-state index in [-0.39, 0.29) is 17.3 Å². The van der Waals surface area contributed by atoms with Crippen molar-refractivity contribution in [3.8, 4) is 0 Å². The molecule has 0 saturated carbocycles. The molecule has 3 rings (SSSR count). The van der Waals surface area contributed by atoms with Crippen molar-refractivity contribution in [2.45, 2.75) is 12.5 Å². The van der Waals surface area contributed by atoms with Gasteiger partial charge in [-0.15, -0.1) is 0 Å². The molecular formula is C12H12N2O3. The molecule has 0 bridgehead atoms. The second kappa shape index (κ2) is 3.85. The SMILES string of the molecule is O=c1[nH]c2ccccc2c(=O)n1C1CCOC1. The van der Waals surface area contributed by atoms with Crippen LogP contribution in [-0.4, -0.2) is 22.8 Å². The Bertz CT molecular complexity index is 665. The van der Waals surface area contributed by atoms with Crippen LogP contribution < -0.4 is 11.2 Å². The number of para-hydroxylation sites is 1. The van der Waals surface area contributed by atoms with Crippen molar-refractivity contribution < 1.29 is 4.74 Å². The van der Waals surface area contributed by atoms with Gasteiger partial charge in [-0.05, 0) is 18.6 Å². The van der Waals surface area contributed by atoms with E-state index < -0.39 is 0 Å². The summed E-state index contributed by atoms with van der Waals surface area (Å²) in [5, 5.41) is 0.541. The minimum atomic E-state index is -0.357. The van der Waals surface area contributed by atoms with Crippen LogP contribution in [0.2, 0.25) is 0 Å². The van der Waals surface area contributed by atoms with Crippen molar-refractivity contribution in [1.29, 1.82) is 0 Å². The zero-order chi connectivity index (χ0) is 11.8. The zero-order valence-electron chi connectivity index (χ0n) is 9.18. The number of ether oxygens (including phenoxy) is 1. The lowest BCUT2D eigenvalue weighted by atomic mass is 10.2. The quantitative estimate of drug-likeness (QED) is 0.785. The number of hydrogen-bond donors (Lipinski definition) is 1. The summed E-state index contributed by atoms with van der Waals surface area (Å²) in [4.78, 5) is 26.8. The molecule has 1 aromatic heterocycles. The van der Waals surface area contributed by atoms with Crippen LogP contribution in [0.15, 0.2) is 33.9 Å². The van der Waals surface area contributed by atoms with E-state index in [9.17, 15) is 9.59 Å². The van der Waals surface area contributed by atoms with E-state index in [1.165, 1.54) is 4.57 Å². The van der Waals surface area contributed by atoms with Gasteiger partial charge in [-0.25, -0.2) is 4.79 Å². The van der Waals surface area contributed by atoms with Crippen LogP contribution >= 0.6 is 0 Å². The van der Waals surface area contributed by atoms with E-state index in [0.29, 0.717) is 30.5 Å². The first-order valence-electron chi connectivity index (χ1n) is 5.58. The van der Waals surface area contributed by atoms with E-state index >= 15 is 0 Å². The molecule has 1 aromatic carbocycles. The highest BCUT2D eigenvalue weighted by molar-refractivity contribution is 5.76. The summed E-state index contributed by atoms with van der Waals surface area (Å²) in [5.74, 6) is 0. The first-order chi connectivity index (χ1) is 8.27. The lowest BCUT2D eigenvalue weighted by molar-refractivity contribution is 0.185. The lowest BCUT2D eigenvalue weighted by Gasteiger charge is -2.11. The Labute approximate surface area is 96.7 Å². The number of hydrogen-bond acceptors (Lipinski definition) is 3. The van der Waals surface area contributed by atoms with Crippen molar-refractivity contribution in [2.24, 2.45) is 0 Å². The van der Waals surface area contributed by atoms with Gasteiger partial charge >= 0.3 is 5.69 Å². The normalized spacial score (nSPS) is 19.9. The summed E-state index contributed by atoms with van der Waals surface area (Å²) in [6.45, 7) is 1.03. The van der Waals surface area contributed by atoms with Gasteiger partial charge in [0, 0.05) is 6.61 Å². The van der Waals surface area contributed by atoms with Gasteiger partial charge in [-0.2, -0.15) is 0 Å². The summed E-state index contributed by atoms with van der Waals surface area (Å²) in [6.07, 6.45) is 0.710. The van der Waals surface area contributed by atoms with Gasteiger partial charge in [0.25, 0.3) is 5.56 Å². The van der Waals surface area contributed by atoms with Crippen LogP contribution in [0, 0.1) is 0 Å². The first kappa shape index (κ1) is 10.3. The fraction of sp³-hybridized carbons (Fsp3) is 0.333. The highest BCUT2D eigenvalue weighted by Crippen LogP contribution is 2.15. The third kappa shape index (κ3) is 1.59. The van der Waals surface area contributed by atoms with Gasteiger partial charge in [0.15, 0.2) is 0 Å². The molecule has 1 fully saturated rings.